The number of unbranched alkanes of at least 4 members (excludes halogenated alkanes) is 1. The Labute approximate surface area is 153 Å². The van der Waals surface area contributed by atoms with Crippen LogP contribution in [-0.4, -0.2) is 19.1 Å². The number of carbonyl (C=O) groups is 1. The highest BCUT2D eigenvalue weighted by Crippen LogP contribution is 2.21. The van der Waals surface area contributed by atoms with Crippen LogP contribution in [0.3, 0.4) is 0 Å². The lowest BCUT2D eigenvalue weighted by Crippen LogP contribution is -2.20. The predicted molar refractivity (Wildman–Crippen MR) is 105 cm³/mol. The van der Waals surface area contributed by atoms with Crippen LogP contribution in [0.25, 0.3) is 10.8 Å². The summed E-state index contributed by atoms with van der Waals surface area (Å²) in [5, 5.41) is 5.06. The normalized spacial score (nSPS) is 10.5. The van der Waals surface area contributed by atoms with Gasteiger partial charge in [-0.3, -0.25) is 4.79 Å². The molecule has 0 aliphatic heterocycles. The highest BCUT2D eigenvalue weighted by molar-refractivity contribution is 5.92. The third kappa shape index (κ3) is 4.99. The first-order chi connectivity index (χ1) is 12.7. The zero-order chi connectivity index (χ0) is 18.2. The molecule has 0 unspecified atom stereocenters. The van der Waals surface area contributed by atoms with Gasteiger partial charge in [-0.25, -0.2) is 0 Å². The van der Waals surface area contributed by atoms with Crippen molar-refractivity contribution in [3.05, 3.63) is 66.7 Å². The molecule has 3 rings (SSSR count). The van der Waals surface area contributed by atoms with Crippen LogP contribution < -0.4 is 14.8 Å². The summed E-state index contributed by atoms with van der Waals surface area (Å²) in [6.07, 6.45) is 2.13. The first-order valence-electron chi connectivity index (χ1n) is 8.89. The molecule has 3 aromatic rings. The Hall–Kier alpha value is -3.01. The van der Waals surface area contributed by atoms with E-state index in [1.807, 2.05) is 66.7 Å². The van der Waals surface area contributed by atoms with Crippen molar-refractivity contribution in [3.8, 4) is 11.5 Å². The smallest absolute Gasteiger partial charge is 0.262 e. The van der Waals surface area contributed by atoms with Crippen molar-refractivity contribution in [1.29, 1.82) is 0 Å². The molecule has 4 nitrogen and oxygen atoms in total. The molecule has 0 aliphatic carbocycles. The SMILES string of the molecule is CCCCOc1ccc(NC(=O)COc2ccc3ccccc3c2)cc1. The fourth-order valence-corrected chi connectivity index (χ4v) is 2.57. The maximum absolute atomic E-state index is 12.1. The first kappa shape index (κ1) is 17.8. The van der Waals surface area contributed by atoms with Crippen LogP contribution in [0.5, 0.6) is 11.5 Å². The van der Waals surface area contributed by atoms with Crippen LogP contribution in [0.2, 0.25) is 0 Å². The number of hydrogen-bond acceptors (Lipinski definition) is 3. The molecule has 0 aromatic heterocycles. The summed E-state index contributed by atoms with van der Waals surface area (Å²) in [6, 6.07) is 21.2. The molecule has 0 heterocycles. The fourth-order valence-electron chi connectivity index (χ4n) is 2.57. The van der Waals surface area contributed by atoms with E-state index in [-0.39, 0.29) is 12.5 Å². The van der Waals surface area contributed by atoms with E-state index in [1.165, 1.54) is 0 Å². The van der Waals surface area contributed by atoms with Gasteiger partial charge in [0, 0.05) is 5.69 Å². The van der Waals surface area contributed by atoms with Crippen molar-refractivity contribution < 1.29 is 14.3 Å². The molecular formula is C22H23NO3. The van der Waals surface area contributed by atoms with Gasteiger partial charge in [-0.2, -0.15) is 0 Å². The number of nitrogens with one attached hydrogen (secondary N) is 1. The minimum atomic E-state index is -0.196. The maximum atomic E-state index is 12.1. The highest BCUT2D eigenvalue weighted by atomic mass is 16.5. The van der Waals surface area contributed by atoms with Gasteiger partial charge >= 0.3 is 0 Å². The van der Waals surface area contributed by atoms with Gasteiger partial charge in [-0.1, -0.05) is 43.7 Å². The molecule has 26 heavy (non-hydrogen) atoms. The molecular weight excluding hydrogens is 326 g/mol. The van der Waals surface area contributed by atoms with Crippen molar-refractivity contribution in [2.45, 2.75) is 19.8 Å². The van der Waals surface area contributed by atoms with Crippen LogP contribution in [0, 0.1) is 0 Å². The Kier molecular flexibility index (Phi) is 6.09. The van der Waals surface area contributed by atoms with E-state index in [1.54, 1.807) is 0 Å². The molecule has 3 aromatic carbocycles. The minimum absolute atomic E-state index is 0.0346. The monoisotopic (exact) mass is 349 g/mol. The summed E-state index contributed by atoms with van der Waals surface area (Å²) in [4.78, 5) is 12.1. The molecule has 134 valence electrons. The van der Waals surface area contributed by atoms with Gasteiger partial charge < -0.3 is 14.8 Å². The van der Waals surface area contributed by atoms with E-state index in [9.17, 15) is 4.79 Å². The zero-order valence-corrected chi connectivity index (χ0v) is 14.9. The number of anilines is 1. The van der Waals surface area contributed by atoms with Gasteiger partial charge in [0.15, 0.2) is 6.61 Å². The third-order valence-corrected chi connectivity index (χ3v) is 4.00. The van der Waals surface area contributed by atoms with Crippen molar-refractivity contribution in [1.82, 2.24) is 0 Å². The Balaban J connectivity index is 1.50. The highest BCUT2D eigenvalue weighted by Gasteiger charge is 2.05. The first-order valence-corrected chi connectivity index (χ1v) is 8.89. The summed E-state index contributed by atoms with van der Waals surface area (Å²) in [7, 11) is 0. The molecule has 0 saturated heterocycles. The summed E-state index contributed by atoms with van der Waals surface area (Å²) in [5.41, 5.74) is 0.722. The molecule has 0 spiro atoms. The maximum Gasteiger partial charge on any atom is 0.262 e. The summed E-state index contributed by atoms with van der Waals surface area (Å²) in [6.45, 7) is 2.80. The van der Waals surface area contributed by atoms with E-state index in [0.717, 1.165) is 35.1 Å². The van der Waals surface area contributed by atoms with Gasteiger partial charge in [-0.15, -0.1) is 0 Å². The van der Waals surface area contributed by atoms with Crippen LogP contribution in [0.15, 0.2) is 66.7 Å². The lowest BCUT2D eigenvalue weighted by molar-refractivity contribution is -0.118. The molecule has 0 fully saturated rings. The molecule has 0 radical (unpaired) electrons. The van der Waals surface area contributed by atoms with Crippen LogP contribution in [-0.2, 0) is 4.79 Å². The molecule has 0 aliphatic rings. The van der Waals surface area contributed by atoms with Gasteiger partial charge in [0.2, 0.25) is 0 Å². The summed E-state index contributed by atoms with van der Waals surface area (Å²) < 4.78 is 11.2. The second-order valence-corrected chi connectivity index (χ2v) is 6.07. The molecule has 1 N–H and O–H groups in total. The Morgan fingerprint density at radius 3 is 2.38 bits per heavy atom. The van der Waals surface area contributed by atoms with Gasteiger partial charge in [0.25, 0.3) is 5.91 Å². The van der Waals surface area contributed by atoms with Crippen molar-refractivity contribution in [2.24, 2.45) is 0 Å². The Morgan fingerprint density at radius 1 is 0.885 bits per heavy atom. The number of carbonyl (C=O) groups excluding carboxylic acids is 1. The van der Waals surface area contributed by atoms with Crippen LogP contribution in [0.1, 0.15) is 19.8 Å². The van der Waals surface area contributed by atoms with Crippen LogP contribution in [0.4, 0.5) is 5.69 Å². The molecule has 0 bridgehead atoms. The number of fused-ring (bicyclic) bond motifs is 1. The summed E-state index contributed by atoms with van der Waals surface area (Å²) >= 11 is 0. The van der Waals surface area contributed by atoms with E-state index < -0.39 is 0 Å². The van der Waals surface area contributed by atoms with Gasteiger partial charge in [0.1, 0.15) is 11.5 Å². The molecule has 4 heteroatoms. The third-order valence-electron chi connectivity index (χ3n) is 4.00. The second-order valence-electron chi connectivity index (χ2n) is 6.07. The molecule has 0 atom stereocenters. The van der Waals surface area contributed by atoms with E-state index in [4.69, 9.17) is 9.47 Å². The average molecular weight is 349 g/mol. The fraction of sp³-hybridized carbons (Fsp3) is 0.227. The van der Waals surface area contributed by atoms with Crippen molar-refractivity contribution >= 4 is 22.4 Å². The average Bonchev–Trinajstić information content (AvgIpc) is 2.68. The van der Waals surface area contributed by atoms with E-state index in [0.29, 0.717) is 12.4 Å². The Morgan fingerprint density at radius 2 is 1.62 bits per heavy atom. The number of hydrogen-bond donors (Lipinski definition) is 1. The van der Waals surface area contributed by atoms with E-state index >= 15 is 0 Å². The Bertz CT molecular complexity index is 859. The zero-order valence-electron chi connectivity index (χ0n) is 14.9. The standard InChI is InChI=1S/C22H23NO3/c1-2-3-14-25-20-12-9-19(10-13-20)23-22(24)16-26-21-11-8-17-6-4-5-7-18(17)15-21/h4-13,15H,2-3,14,16H2,1H3,(H,23,24). The largest absolute Gasteiger partial charge is 0.494 e. The quantitative estimate of drug-likeness (QED) is 0.580. The van der Waals surface area contributed by atoms with Gasteiger partial charge in [0.05, 0.1) is 6.61 Å². The number of benzene rings is 3. The van der Waals surface area contributed by atoms with E-state index in [2.05, 4.69) is 12.2 Å². The van der Waals surface area contributed by atoms with Crippen LogP contribution >= 0.6 is 0 Å². The number of ether oxygens (including phenoxy) is 2. The summed E-state index contributed by atoms with van der Waals surface area (Å²) in [5.74, 6) is 1.29. The van der Waals surface area contributed by atoms with Gasteiger partial charge in [-0.05, 0) is 53.6 Å². The number of rotatable bonds is 8. The topological polar surface area (TPSA) is 47.6 Å². The number of amides is 1. The lowest BCUT2D eigenvalue weighted by Gasteiger charge is -2.09. The second kappa shape index (κ2) is 8.90. The minimum Gasteiger partial charge on any atom is -0.494 e. The lowest BCUT2D eigenvalue weighted by atomic mass is 10.1. The van der Waals surface area contributed by atoms with Crippen molar-refractivity contribution in [3.63, 3.8) is 0 Å². The molecule has 1 amide bonds. The van der Waals surface area contributed by atoms with Crippen molar-refractivity contribution in [2.75, 3.05) is 18.5 Å². The predicted octanol–water partition coefficient (Wildman–Crippen LogP) is 5.04. The molecule has 0 saturated carbocycles.